The number of likely N-dealkylation sites (N-methyl/N-ethyl adjacent to an activating group) is 1. The van der Waals surface area contributed by atoms with Crippen LogP contribution in [-0.2, 0) is 9.53 Å². The quantitative estimate of drug-likeness (QED) is 0.665. The fraction of sp³-hybridized carbons (Fsp3) is 0.941. The molecule has 0 saturated heterocycles. The predicted octanol–water partition coefficient (Wildman–Crippen LogP) is 2.82. The van der Waals surface area contributed by atoms with E-state index >= 15 is 0 Å². The van der Waals surface area contributed by atoms with Crippen molar-refractivity contribution in [3.05, 3.63) is 0 Å². The third kappa shape index (κ3) is 4.43. The molecule has 0 spiro atoms. The normalized spacial score (nSPS) is 27.0. The molecule has 0 aliphatic heterocycles. The molecule has 3 unspecified atom stereocenters. The van der Waals surface area contributed by atoms with Crippen LogP contribution in [0.4, 0.5) is 0 Å². The van der Waals surface area contributed by atoms with E-state index in [4.69, 9.17) is 4.74 Å². The highest BCUT2D eigenvalue weighted by Gasteiger charge is 2.49. The minimum absolute atomic E-state index is 0.0412. The number of hydrogen-bond donors (Lipinski definition) is 1. The summed E-state index contributed by atoms with van der Waals surface area (Å²) in [5.41, 5.74) is -0.443. The monoisotopic (exact) mass is 298 g/mol. The van der Waals surface area contributed by atoms with Gasteiger partial charge in [0.05, 0.1) is 6.61 Å². The van der Waals surface area contributed by atoms with Crippen LogP contribution in [0.15, 0.2) is 0 Å². The summed E-state index contributed by atoms with van der Waals surface area (Å²) in [6.45, 7) is 10.8. The Morgan fingerprint density at radius 1 is 1.43 bits per heavy atom. The van der Waals surface area contributed by atoms with Crippen LogP contribution in [-0.4, -0.2) is 49.2 Å². The Morgan fingerprint density at radius 3 is 2.71 bits per heavy atom. The van der Waals surface area contributed by atoms with E-state index in [-0.39, 0.29) is 5.97 Å². The van der Waals surface area contributed by atoms with Crippen molar-refractivity contribution in [3.63, 3.8) is 0 Å². The van der Waals surface area contributed by atoms with Gasteiger partial charge in [-0.15, -0.1) is 0 Å². The Labute approximate surface area is 130 Å². The topological polar surface area (TPSA) is 41.6 Å². The van der Waals surface area contributed by atoms with Gasteiger partial charge in [-0.1, -0.05) is 20.3 Å². The van der Waals surface area contributed by atoms with Crippen LogP contribution in [0, 0.1) is 5.92 Å². The Hall–Kier alpha value is -0.610. The molecule has 3 atom stereocenters. The van der Waals surface area contributed by atoms with Crippen molar-refractivity contribution < 1.29 is 9.53 Å². The fourth-order valence-electron chi connectivity index (χ4n) is 3.51. The zero-order valence-corrected chi connectivity index (χ0v) is 14.6. The zero-order valence-electron chi connectivity index (χ0n) is 14.6. The number of carbonyl (C=O) groups is 1. The second kappa shape index (κ2) is 8.74. The molecule has 1 saturated carbocycles. The van der Waals surface area contributed by atoms with Crippen LogP contribution in [0.25, 0.3) is 0 Å². The summed E-state index contributed by atoms with van der Waals surface area (Å²) in [5, 5.41) is 3.47. The van der Waals surface area contributed by atoms with Gasteiger partial charge in [0.25, 0.3) is 0 Å². The number of carbonyl (C=O) groups excluding carboxylic acids is 1. The molecule has 0 radical (unpaired) electrons. The van der Waals surface area contributed by atoms with E-state index < -0.39 is 5.54 Å². The van der Waals surface area contributed by atoms with Gasteiger partial charge in [-0.3, -0.25) is 4.79 Å². The average molecular weight is 298 g/mol. The van der Waals surface area contributed by atoms with Gasteiger partial charge >= 0.3 is 5.97 Å². The second-order valence-electron chi connectivity index (χ2n) is 6.34. The summed E-state index contributed by atoms with van der Waals surface area (Å²) < 4.78 is 5.37. The Balaban J connectivity index is 2.71. The summed E-state index contributed by atoms with van der Waals surface area (Å²) in [7, 11) is 2.18. The minimum atomic E-state index is -0.443. The van der Waals surface area contributed by atoms with Gasteiger partial charge in [0.15, 0.2) is 0 Å². The number of nitrogens with zero attached hydrogens (tertiary/aromatic N) is 1. The van der Waals surface area contributed by atoms with E-state index in [0.29, 0.717) is 18.6 Å². The van der Waals surface area contributed by atoms with Crippen LogP contribution >= 0.6 is 0 Å². The van der Waals surface area contributed by atoms with Crippen molar-refractivity contribution >= 4 is 5.97 Å². The molecule has 4 heteroatoms. The van der Waals surface area contributed by atoms with Gasteiger partial charge in [-0.25, -0.2) is 0 Å². The lowest BCUT2D eigenvalue weighted by Gasteiger charge is -2.35. The number of nitrogens with one attached hydrogen (secondary N) is 1. The molecule has 124 valence electrons. The number of ether oxygens (including phenoxy) is 1. The molecule has 4 nitrogen and oxygen atoms in total. The number of esters is 1. The molecule has 21 heavy (non-hydrogen) atoms. The van der Waals surface area contributed by atoms with E-state index in [1.807, 2.05) is 6.92 Å². The van der Waals surface area contributed by atoms with Gasteiger partial charge in [0.2, 0.25) is 0 Å². The average Bonchev–Trinajstić information content (AvgIpc) is 2.88. The third-order valence-electron chi connectivity index (χ3n) is 5.13. The van der Waals surface area contributed by atoms with Crippen LogP contribution in [0.5, 0.6) is 0 Å². The first-order valence-electron chi connectivity index (χ1n) is 8.64. The van der Waals surface area contributed by atoms with Crippen molar-refractivity contribution in [1.29, 1.82) is 0 Å². The lowest BCUT2D eigenvalue weighted by molar-refractivity contribution is -0.153. The summed E-state index contributed by atoms with van der Waals surface area (Å²) in [4.78, 5) is 14.9. The highest BCUT2D eigenvalue weighted by molar-refractivity contribution is 5.81. The molecule has 0 aromatic carbocycles. The van der Waals surface area contributed by atoms with Gasteiger partial charge in [0, 0.05) is 6.04 Å². The van der Waals surface area contributed by atoms with Gasteiger partial charge in [-0.2, -0.15) is 0 Å². The smallest absolute Gasteiger partial charge is 0.326 e. The summed E-state index contributed by atoms with van der Waals surface area (Å²) in [6, 6.07) is 0.600. The molecular formula is C17H34N2O2. The highest BCUT2D eigenvalue weighted by atomic mass is 16.5. The van der Waals surface area contributed by atoms with E-state index in [1.54, 1.807) is 0 Å². The molecule has 1 N–H and O–H groups in total. The Morgan fingerprint density at radius 2 is 2.14 bits per heavy atom. The number of hydrogen-bond acceptors (Lipinski definition) is 4. The lowest BCUT2D eigenvalue weighted by atomic mass is 9.84. The van der Waals surface area contributed by atoms with Gasteiger partial charge < -0.3 is 15.0 Å². The molecular weight excluding hydrogens is 264 g/mol. The first-order valence-corrected chi connectivity index (χ1v) is 8.64. The largest absolute Gasteiger partial charge is 0.465 e. The van der Waals surface area contributed by atoms with Crippen molar-refractivity contribution in [2.75, 3.05) is 26.7 Å². The van der Waals surface area contributed by atoms with E-state index in [9.17, 15) is 4.79 Å². The van der Waals surface area contributed by atoms with E-state index in [2.05, 4.69) is 38.0 Å². The van der Waals surface area contributed by atoms with Crippen molar-refractivity contribution in [1.82, 2.24) is 10.2 Å². The SMILES string of the molecule is CCNC1(C(=O)OCC)CCCC1CCN(C)C(C)CC. The maximum Gasteiger partial charge on any atom is 0.326 e. The van der Waals surface area contributed by atoms with Crippen molar-refractivity contribution in [2.24, 2.45) is 5.92 Å². The van der Waals surface area contributed by atoms with Crippen LogP contribution in [0.1, 0.15) is 59.8 Å². The first-order chi connectivity index (χ1) is 10.0. The fourth-order valence-corrected chi connectivity index (χ4v) is 3.51. The zero-order chi connectivity index (χ0) is 15.9. The highest BCUT2D eigenvalue weighted by Crippen LogP contribution is 2.39. The molecule has 1 rings (SSSR count). The van der Waals surface area contributed by atoms with Gasteiger partial charge in [-0.05, 0) is 65.6 Å². The predicted molar refractivity (Wildman–Crippen MR) is 87.4 cm³/mol. The molecule has 0 aromatic heterocycles. The van der Waals surface area contributed by atoms with E-state index in [1.165, 1.54) is 0 Å². The van der Waals surface area contributed by atoms with Crippen molar-refractivity contribution in [2.45, 2.75) is 71.4 Å². The second-order valence-corrected chi connectivity index (χ2v) is 6.34. The first kappa shape index (κ1) is 18.4. The van der Waals surface area contributed by atoms with Crippen LogP contribution in [0.2, 0.25) is 0 Å². The Kier molecular flexibility index (Phi) is 7.67. The standard InChI is InChI=1S/C17H34N2O2/c1-6-14(4)19(5)13-11-15-10-9-12-17(15,18-7-2)16(20)21-8-3/h14-15,18H,6-13H2,1-5H3. The summed E-state index contributed by atoms with van der Waals surface area (Å²) in [6.07, 6.45) is 5.38. The summed E-state index contributed by atoms with van der Waals surface area (Å²) in [5.74, 6) is 0.351. The molecule has 0 amide bonds. The third-order valence-corrected chi connectivity index (χ3v) is 5.13. The van der Waals surface area contributed by atoms with Gasteiger partial charge in [0.1, 0.15) is 5.54 Å². The van der Waals surface area contributed by atoms with E-state index in [0.717, 1.165) is 45.2 Å². The molecule has 1 fully saturated rings. The van der Waals surface area contributed by atoms with Crippen LogP contribution < -0.4 is 5.32 Å². The van der Waals surface area contributed by atoms with Crippen LogP contribution in [0.3, 0.4) is 0 Å². The molecule has 1 aliphatic carbocycles. The maximum absolute atomic E-state index is 12.5. The molecule has 0 heterocycles. The molecule has 0 bridgehead atoms. The Bertz CT molecular complexity index is 322. The minimum Gasteiger partial charge on any atom is -0.465 e. The summed E-state index contributed by atoms with van der Waals surface area (Å²) >= 11 is 0. The maximum atomic E-state index is 12.5. The van der Waals surface area contributed by atoms with Crippen molar-refractivity contribution in [3.8, 4) is 0 Å². The lowest BCUT2D eigenvalue weighted by Crippen LogP contribution is -2.56. The molecule has 1 aliphatic rings. The number of rotatable bonds is 9. The molecule has 0 aromatic rings.